The number of carbonyl (C=O) groups is 3. The summed E-state index contributed by atoms with van der Waals surface area (Å²) in [6.45, 7) is 3.15. The van der Waals surface area contributed by atoms with Crippen molar-refractivity contribution in [3.05, 3.63) is 0 Å². The van der Waals surface area contributed by atoms with Gasteiger partial charge in [0.15, 0.2) is 0 Å². The van der Waals surface area contributed by atoms with Crippen LogP contribution in [0.4, 0.5) is 0 Å². The van der Waals surface area contributed by atoms with E-state index in [1.54, 1.807) is 13.8 Å². The molecule has 0 saturated heterocycles. The number of carboxylic acid groups (broad SMARTS) is 1. The standard InChI is InChI=1S/C10H19N3O4/c1-3-6(12-8(14)5-11)9(15)13-7(4-2)10(16)17/h6-7H,3-5,11H2,1-2H3,(H,12,14)(H,13,15)(H,16,17)/t6-,7-/m1/s1. The average Bonchev–Trinajstić information content (AvgIpc) is 2.31. The minimum absolute atomic E-state index is 0.208. The average molecular weight is 245 g/mol. The number of nitrogens with one attached hydrogen (secondary N) is 2. The summed E-state index contributed by atoms with van der Waals surface area (Å²) in [7, 11) is 0. The summed E-state index contributed by atoms with van der Waals surface area (Å²) in [5.41, 5.74) is 5.11. The van der Waals surface area contributed by atoms with E-state index in [2.05, 4.69) is 10.6 Å². The van der Waals surface area contributed by atoms with Crippen molar-refractivity contribution in [2.45, 2.75) is 38.8 Å². The van der Waals surface area contributed by atoms with Gasteiger partial charge in [-0.15, -0.1) is 0 Å². The molecule has 7 nitrogen and oxygen atoms in total. The highest BCUT2D eigenvalue weighted by molar-refractivity contribution is 5.90. The summed E-state index contributed by atoms with van der Waals surface area (Å²) in [5, 5.41) is 13.6. The quantitative estimate of drug-likeness (QED) is 0.450. The maximum Gasteiger partial charge on any atom is 0.326 e. The Morgan fingerprint density at radius 3 is 2.00 bits per heavy atom. The Bertz CT molecular complexity index is 293. The van der Waals surface area contributed by atoms with Crippen LogP contribution in [0.2, 0.25) is 0 Å². The lowest BCUT2D eigenvalue weighted by molar-refractivity contribution is -0.142. The Labute approximate surface area is 99.7 Å². The molecule has 0 unspecified atom stereocenters. The highest BCUT2D eigenvalue weighted by Crippen LogP contribution is 1.96. The van der Waals surface area contributed by atoms with Gasteiger partial charge in [-0.3, -0.25) is 9.59 Å². The first-order valence-electron chi connectivity index (χ1n) is 5.48. The normalized spacial score (nSPS) is 13.6. The second-order valence-electron chi connectivity index (χ2n) is 3.54. The number of hydrogen-bond donors (Lipinski definition) is 4. The van der Waals surface area contributed by atoms with Crippen molar-refractivity contribution in [2.24, 2.45) is 5.73 Å². The summed E-state index contributed by atoms with van der Waals surface area (Å²) in [4.78, 5) is 33.4. The molecule has 98 valence electrons. The van der Waals surface area contributed by atoms with E-state index in [1.807, 2.05) is 0 Å². The Morgan fingerprint density at radius 1 is 1.12 bits per heavy atom. The molecule has 0 aromatic rings. The van der Waals surface area contributed by atoms with E-state index in [9.17, 15) is 14.4 Å². The van der Waals surface area contributed by atoms with Gasteiger partial charge in [0.25, 0.3) is 0 Å². The summed E-state index contributed by atoms with van der Waals surface area (Å²) < 4.78 is 0. The van der Waals surface area contributed by atoms with E-state index in [1.165, 1.54) is 0 Å². The van der Waals surface area contributed by atoms with Gasteiger partial charge < -0.3 is 21.5 Å². The molecule has 7 heteroatoms. The van der Waals surface area contributed by atoms with Crippen LogP contribution in [-0.4, -0.2) is 41.5 Å². The topological polar surface area (TPSA) is 122 Å². The van der Waals surface area contributed by atoms with E-state index >= 15 is 0 Å². The molecule has 0 aromatic carbocycles. The van der Waals surface area contributed by atoms with Crippen LogP contribution in [0, 0.1) is 0 Å². The number of amides is 2. The molecule has 0 rings (SSSR count). The predicted octanol–water partition coefficient (Wildman–Crippen LogP) is -1.18. The number of carbonyl (C=O) groups excluding carboxylic acids is 2. The first-order valence-corrected chi connectivity index (χ1v) is 5.48. The fourth-order valence-corrected chi connectivity index (χ4v) is 1.22. The molecular weight excluding hydrogens is 226 g/mol. The van der Waals surface area contributed by atoms with Crippen molar-refractivity contribution in [2.75, 3.05) is 6.54 Å². The lowest BCUT2D eigenvalue weighted by Gasteiger charge is -2.19. The number of nitrogens with two attached hydrogens (primary N) is 1. The molecule has 2 atom stereocenters. The summed E-state index contributed by atoms with van der Waals surface area (Å²) in [6.07, 6.45) is 0.649. The molecular formula is C10H19N3O4. The molecule has 0 fully saturated rings. The van der Waals surface area contributed by atoms with Crippen LogP contribution in [0.25, 0.3) is 0 Å². The van der Waals surface area contributed by atoms with Gasteiger partial charge in [-0.2, -0.15) is 0 Å². The molecule has 0 heterocycles. The largest absolute Gasteiger partial charge is 0.480 e. The lowest BCUT2D eigenvalue weighted by Crippen LogP contribution is -2.52. The first-order chi connectivity index (χ1) is 7.96. The van der Waals surface area contributed by atoms with Crippen LogP contribution in [0.5, 0.6) is 0 Å². The number of aliphatic carboxylic acids is 1. The first kappa shape index (κ1) is 15.4. The van der Waals surface area contributed by atoms with Crippen LogP contribution in [0.3, 0.4) is 0 Å². The zero-order valence-electron chi connectivity index (χ0n) is 10.0. The van der Waals surface area contributed by atoms with E-state index in [0.717, 1.165) is 0 Å². The van der Waals surface area contributed by atoms with Crippen LogP contribution in [0.1, 0.15) is 26.7 Å². The van der Waals surface area contributed by atoms with Crippen LogP contribution in [0.15, 0.2) is 0 Å². The summed E-state index contributed by atoms with van der Waals surface area (Å²) in [5.74, 6) is -2.06. The van der Waals surface area contributed by atoms with Crippen molar-refractivity contribution in [1.29, 1.82) is 0 Å². The number of carboxylic acids is 1. The van der Waals surface area contributed by atoms with Gasteiger partial charge in [0.05, 0.1) is 6.54 Å². The fraction of sp³-hybridized carbons (Fsp3) is 0.700. The molecule has 5 N–H and O–H groups in total. The van der Waals surface area contributed by atoms with E-state index in [-0.39, 0.29) is 13.0 Å². The predicted molar refractivity (Wildman–Crippen MR) is 61.1 cm³/mol. The van der Waals surface area contributed by atoms with Gasteiger partial charge in [0.1, 0.15) is 12.1 Å². The third-order valence-corrected chi connectivity index (χ3v) is 2.27. The van der Waals surface area contributed by atoms with Gasteiger partial charge in [-0.25, -0.2) is 4.79 Å². The Morgan fingerprint density at radius 2 is 1.65 bits per heavy atom. The van der Waals surface area contributed by atoms with Crippen molar-refractivity contribution in [1.82, 2.24) is 10.6 Å². The maximum absolute atomic E-state index is 11.7. The third-order valence-electron chi connectivity index (χ3n) is 2.27. The second kappa shape index (κ2) is 7.61. The van der Waals surface area contributed by atoms with Gasteiger partial charge in [0, 0.05) is 0 Å². The van der Waals surface area contributed by atoms with E-state index < -0.39 is 29.9 Å². The SMILES string of the molecule is CC[C@@H](NC(=O)[C@@H](CC)NC(=O)CN)C(=O)O. The smallest absolute Gasteiger partial charge is 0.326 e. The van der Waals surface area contributed by atoms with Crippen LogP contribution in [-0.2, 0) is 14.4 Å². The Hall–Kier alpha value is -1.63. The lowest BCUT2D eigenvalue weighted by atomic mass is 10.1. The van der Waals surface area contributed by atoms with Crippen LogP contribution < -0.4 is 16.4 Å². The third kappa shape index (κ3) is 5.30. The maximum atomic E-state index is 11.7. The molecule has 0 saturated carbocycles. The Kier molecular flexibility index (Phi) is 6.88. The van der Waals surface area contributed by atoms with E-state index in [4.69, 9.17) is 10.8 Å². The Balaban J connectivity index is 4.43. The molecule has 0 aliphatic rings. The molecule has 0 aliphatic carbocycles. The van der Waals surface area contributed by atoms with Crippen molar-refractivity contribution >= 4 is 17.8 Å². The molecule has 0 bridgehead atoms. The minimum Gasteiger partial charge on any atom is -0.480 e. The highest BCUT2D eigenvalue weighted by atomic mass is 16.4. The second-order valence-corrected chi connectivity index (χ2v) is 3.54. The van der Waals surface area contributed by atoms with Gasteiger partial charge in [0.2, 0.25) is 11.8 Å². The van der Waals surface area contributed by atoms with E-state index in [0.29, 0.717) is 6.42 Å². The summed E-state index contributed by atoms with van der Waals surface area (Å²) in [6, 6.07) is -1.69. The molecule has 0 aromatic heterocycles. The zero-order chi connectivity index (χ0) is 13.4. The van der Waals surface area contributed by atoms with Crippen molar-refractivity contribution in [3.63, 3.8) is 0 Å². The monoisotopic (exact) mass is 245 g/mol. The van der Waals surface area contributed by atoms with Crippen molar-refractivity contribution < 1.29 is 19.5 Å². The molecule has 2 amide bonds. The van der Waals surface area contributed by atoms with Gasteiger partial charge in [-0.05, 0) is 12.8 Å². The summed E-state index contributed by atoms with van der Waals surface area (Å²) >= 11 is 0. The molecule has 0 aliphatic heterocycles. The van der Waals surface area contributed by atoms with Crippen molar-refractivity contribution in [3.8, 4) is 0 Å². The molecule has 17 heavy (non-hydrogen) atoms. The van der Waals surface area contributed by atoms with Gasteiger partial charge >= 0.3 is 5.97 Å². The fourth-order valence-electron chi connectivity index (χ4n) is 1.22. The van der Waals surface area contributed by atoms with Crippen LogP contribution >= 0.6 is 0 Å². The highest BCUT2D eigenvalue weighted by Gasteiger charge is 2.23. The molecule has 0 radical (unpaired) electrons. The molecule has 0 spiro atoms. The number of rotatable bonds is 7. The number of hydrogen-bond acceptors (Lipinski definition) is 4. The van der Waals surface area contributed by atoms with Gasteiger partial charge in [-0.1, -0.05) is 13.8 Å². The minimum atomic E-state index is -1.10. The zero-order valence-corrected chi connectivity index (χ0v) is 10.0.